The molecule has 1 N–H and O–H groups in total. The molecule has 2 rings (SSSR count). The summed E-state index contributed by atoms with van der Waals surface area (Å²) in [6.45, 7) is 5.85. The van der Waals surface area contributed by atoms with Crippen LogP contribution in [0.1, 0.15) is 18.2 Å². The predicted octanol–water partition coefficient (Wildman–Crippen LogP) is 3.18. The first kappa shape index (κ1) is 13.6. The molecule has 0 saturated carbocycles. The van der Waals surface area contributed by atoms with Crippen LogP contribution in [0.5, 0.6) is 5.75 Å². The SMILES string of the molecule is CCNCc1cc(-c2ccc(C)nc2)ccc1OC. The number of methoxy groups -OCH3 is 1. The Morgan fingerprint density at radius 1 is 1.16 bits per heavy atom. The average Bonchev–Trinajstić information content (AvgIpc) is 2.45. The third-order valence-electron chi connectivity index (χ3n) is 3.09. The minimum atomic E-state index is 0.812. The fraction of sp³-hybridized carbons (Fsp3) is 0.312. The van der Waals surface area contributed by atoms with Crippen molar-refractivity contribution in [2.24, 2.45) is 0 Å². The molecule has 3 heteroatoms. The summed E-state index contributed by atoms with van der Waals surface area (Å²) in [5.41, 5.74) is 4.50. The van der Waals surface area contributed by atoms with Crippen LogP contribution in [0.25, 0.3) is 11.1 Å². The number of pyridine rings is 1. The lowest BCUT2D eigenvalue weighted by Crippen LogP contribution is -2.12. The molecule has 0 unspecified atom stereocenters. The van der Waals surface area contributed by atoms with Crippen LogP contribution in [0, 0.1) is 6.92 Å². The summed E-state index contributed by atoms with van der Waals surface area (Å²) in [5, 5.41) is 3.33. The van der Waals surface area contributed by atoms with E-state index >= 15 is 0 Å². The molecule has 3 nitrogen and oxygen atoms in total. The van der Waals surface area contributed by atoms with Crippen LogP contribution in [0.15, 0.2) is 36.5 Å². The summed E-state index contributed by atoms with van der Waals surface area (Å²) in [5.74, 6) is 0.921. The number of benzene rings is 1. The van der Waals surface area contributed by atoms with Crippen LogP contribution in [0.3, 0.4) is 0 Å². The van der Waals surface area contributed by atoms with Crippen molar-refractivity contribution in [1.82, 2.24) is 10.3 Å². The zero-order valence-electron chi connectivity index (χ0n) is 11.7. The van der Waals surface area contributed by atoms with Crippen molar-refractivity contribution in [2.45, 2.75) is 20.4 Å². The van der Waals surface area contributed by atoms with Gasteiger partial charge < -0.3 is 10.1 Å². The van der Waals surface area contributed by atoms with Crippen LogP contribution in [-0.2, 0) is 6.54 Å². The Labute approximate surface area is 114 Å². The molecule has 0 aliphatic rings. The maximum Gasteiger partial charge on any atom is 0.123 e. The quantitative estimate of drug-likeness (QED) is 0.892. The normalized spacial score (nSPS) is 10.5. The molecule has 100 valence electrons. The number of aryl methyl sites for hydroxylation is 1. The molecule has 1 aromatic carbocycles. The molecule has 0 radical (unpaired) electrons. The zero-order valence-corrected chi connectivity index (χ0v) is 11.7. The summed E-state index contributed by atoms with van der Waals surface area (Å²) in [7, 11) is 1.71. The van der Waals surface area contributed by atoms with Gasteiger partial charge in [0.25, 0.3) is 0 Å². The lowest BCUT2D eigenvalue weighted by Gasteiger charge is -2.11. The number of hydrogen-bond acceptors (Lipinski definition) is 3. The van der Waals surface area contributed by atoms with E-state index in [0.29, 0.717) is 0 Å². The third kappa shape index (κ3) is 3.32. The van der Waals surface area contributed by atoms with Crippen molar-refractivity contribution in [1.29, 1.82) is 0 Å². The topological polar surface area (TPSA) is 34.2 Å². The fourth-order valence-corrected chi connectivity index (χ4v) is 1.99. The largest absolute Gasteiger partial charge is 0.496 e. The highest BCUT2D eigenvalue weighted by atomic mass is 16.5. The molecule has 0 atom stereocenters. The van der Waals surface area contributed by atoms with Crippen LogP contribution in [0.2, 0.25) is 0 Å². The van der Waals surface area contributed by atoms with Gasteiger partial charge in [-0.3, -0.25) is 4.98 Å². The van der Waals surface area contributed by atoms with Crippen molar-refractivity contribution < 1.29 is 4.74 Å². The monoisotopic (exact) mass is 256 g/mol. The van der Waals surface area contributed by atoms with Gasteiger partial charge in [0.15, 0.2) is 0 Å². The van der Waals surface area contributed by atoms with Gasteiger partial charge in [-0.25, -0.2) is 0 Å². The van der Waals surface area contributed by atoms with Gasteiger partial charge in [0, 0.05) is 29.6 Å². The number of aromatic nitrogens is 1. The van der Waals surface area contributed by atoms with Crippen molar-refractivity contribution in [2.75, 3.05) is 13.7 Å². The van der Waals surface area contributed by atoms with Crippen LogP contribution >= 0.6 is 0 Å². The van der Waals surface area contributed by atoms with E-state index < -0.39 is 0 Å². The molecular formula is C16H20N2O. The van der Waals surface area contributed by atoms with E-state index in [4.69, 9.17) is 4.74 Å². The number of nitrogens with zero attached hydrogens (tertiary/aromatic N) is 1. The Morgan fingerprint density at radius 3 is 2.58 bits per heavy atom. The summed E-state index contributed by atoms with van der Waals surface area (Å²) in [6, 6.07) is 10.4. The lowest BCUT2D eigenvalue weighted by molar-refractivity contribution is 0.408. The molecule has 0 fully saturated rings. The van der Waals surface area contributed by atoms with Gasteiger partial charge >= 0.3 is 0 Å². The standard InChI is InChI=1S/C16H20N2O/c1-4-17-10-15-9-13(7-8-16(15)19-3)14-6-5-12(2)18-11-14/h5-9,11,17H,4,10H2,1-3H3. The Bertz CT molecular complexity index is 535. The Balaban J connectivity index is 2.33. The molecule has 0 saturated heterocycles. The van der Waals surface area contributed by atoms with Crippen LogP contribution in [-0.4, -0.2) is 18.6 Å². The summed E-state index contributed by atoms with van der Waals surface area (Å²) < 4.78 is 5.40. The second-order valence-corrected chi connectivity index (χ2v) is 4.50. The summed E-state index contributed by atoms with van der Waals surface area (Å²) >= 11 is 0. The van der Waals surface area contributed by atoms with E-state index in [1.54, 1.807) is 7.11 Å². The first-order chi connectivity index (χ1) is 9.24. The molecule has 2 aromatic rings. The van der Waals surface area contributed by atoms with Gasteiger partial charge in [0.1, 0.15) is 5.75 Å². The molecule has 19 heavy (non-hydrogen) atoms. The second-order valence-electron chi connectivity index (χ2n) is 4.50. The molecule has 0 aliphatic heterocycles. The average molecular weight is 256 g/mol. The summed E-state index contributed by atoms with van der Waals surface area (Å²) in [4.78, 5) is 4.34. The third-order valence-corrected chi connectivity index (χ3v) is 3.09. The second kappa shape index (κ2) is 6.34. The highest BCUT2D eigenvalue weighted by Crippen LogP contribution is 2.26. The lowest BCUT2D eigenvalue weighted by atomic mass is 10.0. The highest BCUT2D eigenvalue weighted by molar-refractivity contribution is 5.65. The maximum atomic E-state index is 5.40. The van der Waals surface area contributed by atoms with E-state index in [-0.39, 0.29) is 0 Å². The molecule has 0 spiro atoms. The number of hydrogen-bond donors (Lipinski definition) is 1. The molecular weight excluding hydrogens is 236 g/mol. The van der Waals surface area contributed by atoms with Crippen molar-refractivity contribution >= 4 is 0 Å². The Hall–Kier alpha value is -1.87. The number of nitrogens with one attached hydrogen (secondary N) is 1. The Kier molecular flexibility index (Phi) is 4.53. The van der Waals surface area contributed by atoms with Gasteiger partial charge in [-0.05, 0) is 37.2 Å². The minimum Gasteiger partial charge on any atom is -0.496 e. The zero-order chi connectivity index (χ0) is 13.7. The van der Waals surface area contributed by atoms with E-state index in [2.05, 4.69) is 35.4 Å². The molecule has 0 amide bonds. The smallest absolute Gasteiger partial charge is 0.123 e. The van der Waals surface area contributed by atoms with Gasteiger partial charge in [-0.1, -0.05) is 19.1 Å². The number of ether oxygens (including phenoxy) is 1. The molecule has 1 heterocycles. The Morgan fingerprint density at radius 2 is 1.95 bits per heavy atom. The van der Waals surface area contributed by atoms with Crippen molar-refractivity contribution in [3.8, 4) is 16.9 Å². The fourth-order valence-electron chi connectivity index (χ4n) is 1.99. The molecule has 0 bridgehead atoms. The highest BCUT2D eigenvalue weighted by Gasteiger charge is 2.05. The van der Waals surface area contributed by atoms with Crippen molar-refractivity contribution in [3.63, 3.8) is 0 Å². The van der Waals surface area contributed by atoms with E-state index in [1.165, 1.54) is 11.1 Å². The van der Waals surface area contributed by atoms with Crippen LogP contribution < -0.4 is 10.1 Å². The van der Waals surface area contributed by atoms with Crippen molar-refractivity contribution in [3.05, 3.63) is 47.8 Å². The molecule has 0 aliphatic carbocycles. The maximum absolute atomic E-state index is 5.40. The van der Waals surface area contributed by atoms with E-state index in [0.717, 1.165) is 30.1 Å². The van der Waals surface area contributed by atoms with Gasteiger partial charge in [-0.2, -0.15) is 0 Å². The summed E-state index contributed by atoms with van der Waals surface area (Å²) in [6.07, 6.45) is 1.91. The van der Waals surface area contributed by atoms with E-state index in [9.17, 15) is 0 Å². The van der Waals surface area contributed by atoms with Crippen LogP contribution in [0.4, 0.5) is 0 Å². The van der Waals surface area contributed by atoms with Gasteiger partial charge in [-0.15, -0.1) is 0 Å². The first-order valence-corrected chi connectivity index (χ1v) is 6.55. The van der Waals surface area contributed by atoms with Gasteiger partial charge in [0.2, 0.25) is 0 Å². The van der Waals surface area contributed by atoms with Gasteiger partial charge in [0.05, 0.1) is 7.11 Å². The first-order valence-electron chi connectivity index (χ1n) is 6.55. The minimum absolute atomic E-state index is 0.812. The number of rotatable bonds is 5. The van der Waals surface area contributed by atoms with E-state index in [1.807, 2.05) is 25.3 Å². The predicted molar refractivity (Wildman–Crippen MR) is 78.3 cm³/mol. The molecule has 1 aromatic heterocycles.